The zero-order chi connectivity index (χ0) is 45.1. The van der Waals surface area contributed by atoms with Crippen LogP contribution in [-0.2, 0) is 51.1 Å². The predicted molar refractivity (Wildman–Crippen MR) is 228 cm³/mol. The standard InChI is InChI=1S/C20H30N2O4.C15H22N2O2.C10H18O5/c1-5-25-18(23)16-14-22(13-15-9-7-6-8-10-15)12-11-17(16)21-19(24)26-20(2,3)4;1-2-19-15(18)13-11-17(9-8-14(13)16)10-12-6-4-3-5-7-12;1-9(2,3)14-7(11)13-8(12)15-10(4,5)6/h6-10,16-17H,5,11-14H2,1-4H3,(H,21,24);3-7,13-14H,2,8-11,16H2,1H3;1-6H3. The van der Waals surface area contributed by atoms with Gasteiger partial charge in [0.2, 0.25) is 0 Å². The van der Waals surface area contributed by atoms with Crippen LogP contribution in [0.15, 0.2) is 60.7 Å². The van der Waals surface area contributed by atoms with Gasteiger partial charge in [0.15, 0.2) is 0 Å². The Balaban J connectivity index is 0.000000324. The Morgan fingerprint density at radius 2 is 1.02 bits per heavy atom. The second-order valence-electron chi connectivity index (χ2n) is 17.7. The van der Waals surface area contributed by atoms with Crippen LogP contribution < -0.4 is 11.1 Å². The molecule has 2 saturated heterocycles. The average molecular weight is 843 g/mol. The highest BCUT2D eigenvalue weighted by atomic mass is 16.8. The van der Waals surface area contributed by atoms with Crippen molar-refractivity contribution in [2.24, 2.45) is 17.6 Å². The highest BCUT2D eigenvalue weighted by Gasteiger charge is 2.37. The van der Waals surface area contributed by atoms with Crippen LogP contribution in [0, 0.1) is 11.8 Å². The lowest BCUT2D eigenvalue weighted by Crippen LogP contribution is -2.54. The fourth-order valence-corrected chi connectivity index (χ4v) is 6.26. The summed E-state index contributed by atoms with van der Waals surface area (Å²) in [5.41, 5.74) is 6.54. The molecule has 2 fully saturated rings. The van der Waals surface area contributed by atoms with Crippen molar-refractivity contribution in [1.82, 2.24) is 15.1 Å². The lowest BCUT2D eigenvalue weighted by Gasteiger charge is -2.37. The first-order valence-corrected chi connectivity index (χ1v) is 20.7. The molecular formula is C45H70N4O11. The van der Waals surface area contributed by atoms with Gasteiger partial charge in [0.1, 0.15) is 16.8 Å². The number of nitrogens with two attached hydrogens (primary N) is 1. The quantitative estimate of drug-likeness (QED) is 0.146. The van der Waals surface area contributed by atoms with E-state index in [0.717, 1.165) is 32.6 Å². The van der Waals surface area contributed by atoms with Gasteiger partial charge in [-0.15, -0.1) is 0 Å². The van der Waals surface area contributed by atoms with Crippen LogP contribution in [0.3, 0.4) is 0 Å². The van der Waals surface area contributed by atoms with Crippen LogP contribution in [0.1, 0.15) is 100 Å². The summed E-state index contributed by atoms with van der Waals surface area (Å²) in [5, 5.41) is 2.86. The maximum Gasteiger partial charge on any atom is 0.519 e. The van der Waals surface area contributed by atoms with Crippen molar-refractivity contribution in [3.63, 3.8) is 0 Å². The molecule has 2 aliphatic heterocycles. The van der Waals surface area contributed by atoms with E-state index in [1.807, 2.05) is 64.1 Å². The van der Waals surface area contributed by atoms with E-state index in [-0.39, 0.29) is 29.9 Å². The van der Waals surface area contributed by atoms with Crippen LogP contribution in [0.2, 0.25) is 0 Å². The summed E-state index contributed by atoms with van der Waals surface area (Å²) in [6.45, 7) is 24.4. The molecule has 4 rings (SSSR count). The second kappa shape index (κ2) is 24.5. The van der Waals surface area contributed by atoms with Gasteiger partial charge in [-0.25, -0.2) is 14.4 Å². The van der Waals surface area contributed by atoms with Gasteiger partial charge in [0.05, 0.1) is 25.0 Å². The summed E-state index contributed by atoms with van der Waals surface area (Å²) in [4.78, 5) is 63.0. The molecule has 0 radical (unpaired) electrons. The molecular weight excluding hydrogens is 773 g/mol. The van der Waals surface area contributed by atoms with Gasteiger partial charge in [-0.05, 0) is 100 Å². The zero-order valence-corrected chi connectivity index (χ0v) is 37.6. The number of hydrogen-bond acceptors (Lipinski definition) is 14. The SMILES string of the molecule is CC(C)(C)OC(=O)OC(=O)OC(C)(C)C.CCOC(=O)C1CN(Cc2ccccc2)CCC1N.CCOC(=O)C1CN(Cc2ccccc2)CCC1NC(=O)OC(C)(C)C. The summed E-state index contributed by atoms with van der Waals surface area (Å²) >= 11 is 0. The Hall–Kier alpha value is -4.73. The number of likely N-dealkylation sites (tertiary alicyclic amines) is 2. The molecule has 0 aromatic heterocycles. The van der Waals surface area contributed by atoms with Crippen molar-refractivity contribution in [1.29, 1.82) is 0 Å². The Bertz CT molecular complexity index is 1600. The normalized spacial score (nSPS) is 19.7. The molecule has 336 valence electrons. The monoisotopic (exact) mass is 843 g/mol. The van der Waals surface area contributed by atoms with E-state index >= 15 is 0 Å². The molecule has 2 aromatic rings. The molecule has 3 N–H and O–H groups in total. The molecule has 4 atom stereocenters. The average Bonchev–Trinajstić information content (AvgIpc) is 3.12. The van der Waals surface area contributed by atoms with Gasteiger partial charge in [0, 0.05) is 51.4 Å². The minimum atomic E-state index is -1.06. The molecule has 1 amide bonds. The number of esters is 2. The van der Waals surface area contributed by atoms with Crippen molar-refractivity contribution in [3.05, 3.63) is 71.8 Å². The number of nitrogens with zero attached hydrogens (tertiary/aromatic N) is 2. The van der Waals surface area contributed by atoms with E-state index in [9.17, 15) is 24.0 Å². The lowest BCUT2D eigenvalue weighted by molar-refractivity contribution is -0.151. The molecule has 60 heavy (non-hydrogen) atoms. The molecule has 0 saturated carbocycles. The first kappa shape index (κ1) is 51.4. The minimum absolute atomic E-state index is 0.0777. The largest absolute Gasteiger partial charge is 0.519 e. The highest BCUT2D eigenvalue weighted by molar-refractivity contribution is 5.77. The maximum absolute atomic E-state index is 12.4. The second-order valence-corrected chi connectivity index (χ2v) is 17.7. The summed E-state index contributed by atoms with van der Waals surface area (Å²) in [7, 11) is 0. The van der Waals surface area contributed by atoms with Gasteiger partial charge in [-0.2, -0.15) is 0 Å². The Kier molecular flexibility index (Phi) is 21.0. The molecule has 0 spiro atoms. The maximum atomic E-state index is 12.4. The first-order valence-electron chi connectivity index (χ1n) is 20.7. The van der Waals surface area contributed by atoms with Gasteiger partial charge >= 0.3 is 30.3 Å². The third kappa shape index (κ3) is 21.5. The van der Waals surface area contributed by atoms with Gasteiger partial charge in [-0.1, -0.05) is 60.7 Å². The van der Waals surface area contributed by atoms with Crippen molar-refractivity contribution in [3.8, 4) is 0 Å². The Morgan fingerprint density at radius 1 is 0.617 bits per heavy atom. The molecule has 4 unspecified atom stereocenters. The molecule has 15 nitrogen and oxygen atoms in total. The van der Waals surface area contributed by atoms with E-state index in [1.54, 1.807) is 48.5 Å². The Labute approximate surface area is 356 Å². The molecule has 2 aromatic carbocycles. The summed E-state index contributed by atoms with van der Waals surface area (Å²) in [6, 6.07) is 20.1. The molecule has 15 heteroatoms. The smallest absolute Gasteiger partial charge is 0.466 e. The number of carbonyl (C=O) groups is 5. The fourth-order valence-electron chi connectivity index (χ4n) is 6.26. The van der Waals surface area contributed by atoms with E-state index < -0.39 is 41.1 Å². The molecule has 2 heterocycles. The van der Waals surface area contributed by atoms with Crippen molar-refractivity contribution < 1.29 is 52.4 Å². The molecule has 0 bridgehead atoms. The van der Waals surface area contributed by atoms with Crippen LogP contribution in [-0.4, -0.2) is 108 Å². The van der Waals surface area contributed by atoms with E-state index in [1.165, 1.54) is 11.1 Å². The van der Waals surface area contributed by atoms with Crippen molar-refractivity contribution >= 4 is 30.3 Å². The topological polar surface area (TPSA) is 185 Å². The van der Waals surface area contributed by atoms with E-state index in [2.05, 4.69) is 44.1 Å². The van der Waals surface area contributed by atoms with Gasteiger partial charge in [-0.3, -0.25) is 19.4 Å². The summed E-state index contributed by atoms with van der Waals surface area (Å²) < 4.78 is 29.5. The number of rotatable bonds is 9. The zero-order valence-electron chi connectivity index (χ0n) is 37.6. The fraction of sp³-hybridized carbons (Fsp3) is 0.622. The third-order valence-electron chi connectivity index (χ3n) is 8.77. The number of benzene rings is 2. The number of alkyl carbamates (subject to hydrolysis) is 1. The van der Waals surface area contributed by atoms with Crippen LogP contribution >= 0.6 is 0 Å². The number of carbonyl (C=O) groups excluding carboxylic acids is 5. The number of nitrogens with one attached hydrogen (secondary N) is 1. The van der Waals surface area contributed by atoms with Gasteiger partial charge in [0.25, 0.3) is 0 Å². The lowest BCUT2D eigenvalue weighted by atomic mass is 9.91. The minimum Gasteiger partial charge on any atom is -0.466 e. The summed E-state index contributed by atoms with van der Waals surface area (Å²) in [5.74, 6) is -1.03. The number of piperidine rings is 2. The van der Waals surface area contributed by atoms with Crippen LogP contribution in [0.25, 0.3) is 0 Å². The van der Waals surface area contributed by atoms with Gasteiger partial charge < -0.3 is 39.5 Å². The Morgan fingerprint density at radius 3 is 1.43 bits per heavy atom. The highest BCUT2D eigenvalue weighted by Crippen LogP contribution is 2.22. The molecule has 0 aliphatic carbocycles. The summed E-state index contributed by atoms with van der Waals surface area (Å²) in [6.07, 6.45) is -1.09. The van der Waals surface area contributed by atoms with Crippen LogP contribution in [0.4, 0.5) is 14.4 Å². The first-order chi connectivity index (χ1) is 28.0. The van der Waals surface area contributed by atoms with Crippen molar-refractivity contribution in [2.45, 2.75) is 131 Å². The number of amides is 1. The van der Waals surface area contributed by atoms with E-state index in [0.29, 0.717) is 32.7 Å². The predicted octanol–water partition coefficient (Wildman–Crippen LogP) is 7.24. The van der Waals surface area contributed by atoms with E-state index in [4.69, 9.17) is 29.4 Å². The number of ether oxygens (including phenoxy) is 6. The van der Waals surface area contributed by atoms with Crippen LogP contribution in [0.5, 0.6) is 0 Å². The molecule has 2 aliphatic rings. The number of hydrogen-bond donors (Lipinski definition) is 2. The van der Waals surface area contributed by atoms with Crippen molar-refractivity contribution in [2.75, 3.05) is 39.4 Å². The third-order valence-corrected chi connectivity index (χ3v) is 8.77.